The predicted molar refractivity (Wildman–Crippen MR) is 112 cm³/mol. The number of carbonyl (C=O) groups excluding carboxylic acids is 1. The van der Waals surface area contributed by atoms with Gasteiger partial charge in [0.2, 0.25) is 5.78 Å². The summed E-state index contributed by atoms with van der Waals surface area (Å²) in [6.07, 6.45) is 4.00. The van der Waals surface area contributed by atoms with Gasteiger partial charge >= 0.3 is 0 Å². The number of carbonyl (C=O) groups is 1. The van der Waals surface area contributed by atoms with Crippen molar-refractivity contribution in [3.8, 4) is 22.8 Å². The summed E-state index contributed by atoms with van der Waals surface area (Å²) in [6.45, 7) is 1.18. The van der Waals surface area contributed by atoms with Crippen LogP contribution in [0.15, 0.2) is 42.6 Å². The van der Waals surface area contributed by atoms with Crippen molar-refractivity contribution < 1.29 is 18.8 Å². The van der Waals surface area contributed by atoms with Crippen molar-refractivity contribution in [3.05, 3.63) is 64.0 Å². The summed E-state index contributed by atoms with van der Waals surface area (Å²) in [7, 11) is 3.13. The molecule has 0 spiro atoms. The van der Waals surface area contributed by atoms with Crippen LogP contribution in [0.2, 0.25) is 10.0 Å². The number of hydrogen-bond donors (Lipinski definition) is 0. The van der Waals surface area contributed by atoms with E-state index in [9.17, 15) is 4.79 Å². The number of aromatic nitrogens is 2. The first-order chi connectivity index (χ1) is 14.0. The van der Waals surface area contributed by atoms with Gasteiger partial charge in [0.05, 0.1) is 37.2 Å². The van der Waals surface area contributed by atoms with Gasteiger partial charge < -0.3 is 9.47 Å². The average Bonchev–Trinajstić information content (AvgIpc) is 3.33. The van der Waals surface area contributed by atoms with Gasteiger partial charge in [0, 0.05) is 11.1 Å². The first kappa shape index (κ1) is 19.8. The minimum atomic E-state index is 0.0111. The number of fused-ring (bicyclic) bond motifs is 1. The Kier molecular flexibility index (Phi) is 5.52. The average molecular weight is 432 g/mol. The molecule has 0 fully saturated rings. The van der Waals surface area contributed by atoms with E-state index in [2.05, 4.69) is 4.57 Å². The van der Waals surface area contributed by atoms with E-state index < -0.39 is 0 Å². The number of hydrogen-bond acceptors (Lipinski definition) is 3. The van der Waals surface area contributed by atoms with Gasteiger partial charge in [0.25, 0.3) is 5.82 Å². The standard InChI is InChI=1S/C22H21Cl2N2O3/c1-28-20-8-6-15(11-21(20)29-2)19(27)13-25-12-18(26-9-3-4-22(25)26)14-5-7-16(23)17(24)10-14/h5-8,10-12H,3-4,9,13H2,1-2H3/q+1. The first-order valence-electron chi connectivity index (χ1n) is 9.34. The molecule has 5 nitrogen and oxygen atoms in total. The molecule has 2 heterocycles. The molecule has 0 saturated heterocycles. The Labute approximate surface area is 179 Å². The number of ketones is 1. The molecule has 1 aliphatic rings. The monoisotopic (exact) mass is 431 g/mol. The van der Waals surface area contributed by atoms with Gasteiger partial charge in [0.15, 0.2) is 23.7 Å². The van der Waals surface area contributed by atoms with Gasteiger partial charge in [-0.25, -0.2) is 9.13 Å². The van der Waals surface area contributed by atoms with Gasteiger partial charge in [0.1, 0.15) is 6.20 Å². The van der Waals surface area contributed by atoms with Crippen molar-refractivity contribution in [1.29, 1.82) is 0 Å². The predicted octanol–water partition coefficient (Wildman–Crippen LogP) is 4.60. The topological polar surface area (TPSA) is 44.3 Å². The molecule has 7 heteroatoms. The molecule has 0 saturated carbocycles. The number of rotatable bonds is 6. The third-order valence-corrected chi connectivity index (χ3v) is 5.97. The molecule has 0 radical (unpaired) electrons. The zero-order chi connectivity index (χ0) is 20.5. The summed E-state index contributed by atoms with van der Waals surface area (Å²) >= 11 is 12.3. The van der Waals surface area contributed by atoms with Crippen LogP contribution < -0.4 is 14.0 Å². The quantitative estimate of drug-likeness (QED) is 0.423. The lowest BCUT2D eigenvalue weighted by molar-refractivity contribution is -0.689. The van der Waals surface area contributed by atoms with E-state index in [1.807, 2.05) is 22.9 Å². The van der Waals surface area contributed by atoms with Crippen molar-refractivity contribution in [1.82, 2.24) is 4.57 Å². The number of benzene rings is 2. The van der Waals surface area contributed by atoms with Crippen molar-refractivity contribution >= 4 is 29.0 Å². The van der Waals surface area contributed by atoms with E-state index in [4.69, 9.17) is 32.7 Å². The maximum atomic E-state index is 13.0. The third kappa shape index (κ3) is 3.72. The van der Waals surface area contributed by atoms with Crippen LogP contribution in [-0.4, -0.2) is 24.6 Å². The van der Waals surface area contributed by atoms with E-state index in [1.165, 1.54) is 0 Å². The molecule has 1 aromatic heterocycles. The Morgan fingerprint density at radius 2 is 1.86 bits per heavy atom. The third-order valence-electron chi connectivity index (χ3n) is 5.23. The highest BCUT2D eigenvalue weighted by Gasteiger charge is 2.30. The fraction of sp³-hybridized carbons (Fsp3) is 0.273. The fourth-order valence-corrected chi connectivity index (χ4v) is 4.09. The molecule has 1 aliphatic heterocycles. The zero-order valence-corrected chi connectivity index (χ0v) is 17.8. The van der Waals surface area contributed by atoms with Crippen LogP contribution in [0.5, 0.6) is 11.5 Å². The Bertz CT molecular complexity index is 1090. The van der Waals surface area contributed by atoms with Crippen LogP contribution in [0.1, 0.15) is 22.6 Å². The van der Waals surface area contributed by atoms with Crippen LogP contribution in [0.3, 0.4) is 0 Å². The smallest absolute Gasteiger partial charge is 0.257 e. The Hall–Kier alpha value is -2.50. The molecular weight excluding hydrogens is 411 g/mol. The summed E-state index contributed by atoms with van der Waals surface area (Å²) in [5.41, 5.74) is 2.61. The molecule has 0 amide bonds. The number of methoxy groups -OCH3 is 2. The largest absolute Gasteiger partial charge is 0.493 e. The molecule has 150 valence electrons. The zero-order valence-electron chi connectivity index (χ0n) is 16.2. The number of ether oxygens (including phenoxy) is 2. The minimum absolute atomic E-state index is 0.0111. The van der Waals surface area contributed by atoms with Gasteiger partial charge in [-0.2, -0.15) is 0 Å². The summed E-state index contributed by atoms with van der Waals surface area (Å²) < 4.78 is 14.9. The second-order valence-corrected chi connectivity index (χ2v) is 7.75. The second kappa shape index (κ2) is 8.09. The van der Waals surface area contributed by atoms with E-state index in [-0.39, 0.29) is 12.3 Å². The Morgan fingerprint density at radius 1 is 1.07 bits per heavy atom. The summed E-state index contributed by atoms with van der Waals surface area (Å²) in [5, 5.41) is 1.05. The highest BCUT2D eigenvalue weighted by Crippen LogP contribution is 2.31. The van der Waals surface area contributed by atoms with Gasteiger partial charge in [-0.05, 0) is 42.8 Å². The fourth-order valence-electron chi connectivity index (χ4n) is 3.79. The summed E-state index contributed by atoms with van der Waals surface area (Å²) in [4.78, 5) is 13.0. The summed E-state index contributed by atoms with van der Waals surface area (Å²) in [6, 6.07) is 10.9. The van der Waals surface area contributed by atoms with Crippen LogP contribution in [-0.2, 0) is 19.5 Å². The van der Waals surface area contributed by atoms with Crippen LogP contribution in [0.4, 0.5) is 0 Å². The molecule has 0 unspecified atom stereocenters. The van der Waals surface area contributed by atoms with Crippen molar-refractivity contribution in [2.75, 3.05) is 14.2 Å². The first-order valence-corrected chi connectivity index (χ1v) is 10.1. The number of imidazole rings is 1. The van der Waals surface area contributed by atoms with E-state index >= 15 is 0 Å². The maximum Gasteiger partial charge on any atom is 0.257 e. The molecular formula is C22H21Cl2N2O3+. The van der Waals surface area contributed by atoms with E-state index in [0.29, 0.717) is 27.1 Å². The summed E-state index contributed by atoms with van der Waals surface area (Å²) in [5.74, 6) is 2.29. The van der Waals surface area contributed by atoms with Gasteiger partial charge in [-0.1, -0.05) is 23.2 Å². The molecule has 0 atom stereocenters. The molecule has 2 aromatic carbocycles. The van der Waals surface area contributed by atoms with E-state index in [1.54, 1.807) is 38.5 Å². The molecule has 3 aromatic rings. The van der Waals surface area contributed by atoms with Crippen LogP contribution in [0.25, 0.3) is 11.3 Å². The molecule has 4 rings (SSSR count). The molecule has 29 heavy (non-hydrogen) atoms. The SMILES string of the molecule is COc1ccc(C(=O)C[n+]2cc(-c3ccc(Cl)c(Cl)c3)n3c2CCC3)cc1OC. The normalized spacial score (nSPS) is 12.7. The minimum Gasteiger partial charge on any atom is -0.493 e. The van der Waals surface area contributed by atoms with Gasteiger partial charge in [-0.15, -0.1) is 0 Å². The van der Waals surface area contributed by atoms with Crippen LogP contribution >= 0.6 is 23.2 Å². The highest BCUT2D eigenvalue weighted by molar-refractivity contribution is 6.42. The lowest BCUT2D eigenvalue weighted by atomic mass is 10.1. The lowest BCUT2D eigenvalue weighted by Gasteiger charge is -2.08. The van der Waals surface area contributed by atoms with Crippen molar-refractivity contribution in [3.63, 3.8) is 0 Å². The number of nitrogens with zero attached hydrogens (tertiary/aromatic N) is 2. The van der Waals surface area contributed by atoms with Crippen molar-refractivity contribution in [2.24, 2.45) is 0 Å². The van der Waals surface area contributed by atoms with E-state index in [0.717, 1.165) is 36.5 Å². The Balaban J connectivity index is 1.66. The second-order valence-electron chi connectivity index (χ2n) is 6.94. The molecule has 0 bridgehead atoms. The lowest BCUT2D eigenvalue weighted by Crippen LogP contribution is -2.40. The van der Waals surface area contributed by atoms with Crippen LogP contribution in [0, 0.1) is 0 Å². The Morgan fingerprint density at radius 3 is 2.59 bits per heavy atom. The van der Waals surface area contributed by atoms with Gasteiger partial charge in [-0.3, -0.25) is 4.79 Å². The maximum absolute atomic E-state index is 13.0. The van der Waals surface area contributed by atoms with Crippen molar-refractivity contribution in [2.45, 2.75) is 25.9 Å². The number of halogens is 2. The number of Topliss-reactive ketones (excluding diaryl/α,β-unsaturated/α-hetero) is 1. The highest BCUT2D eigenvalue weighted by atomic mass is 35.5. The molecule has 0 N–H and O–H groups in total. The molecule has 0 aliphatic carbocycles.